The van der Waals surface area contributed by atoms with Crippen LogP contribution in [0.4, 0.5) is 5.69 Å². The minimum Gasteiger partial charge on any atom is -0.496 e. The molecule has 7 nitrogen and oxygen atoms in total. The number of carbonyl (C=O) groups is 1. The fourth-order valence-electron chi connectivity index (χ4n) is 2.97. The fraction of sp³-hybridized carbons (Fsp3) is 0.300. The summed E-state index contributed by atoms with van der Waals surface area (Å²) in [4.78, 5) is 17.0. The molecule has 29 heavy (non-hydrogen) atoms. The van der Waals surface area contributed by atoms with Gasteiger partial charge in [-0.05, 0) is 49.2 Å². The first kappa shape index (κ1) is 21.1. The molecule has 0 unspecified atom stereocenters. The maximum Gasteiger partial charge on any atom is 0.262 e. The van der Waals surface area contributed by atoms with Crippen molar-refractivity contribution in [2.75, 3.05) is 19.0 Å². The molecule has 0 bridgehead atoms. The molecular formula is C20H22ClN3O4S. The number of hydrogen-bond acceptors (Lipinski definition) is 5. The first-order valence-corrected chi connectivity index (χ1v) is 11.1. The van der Waals surface area contributed by atoms with Gasteiger partial charge in [-0.3, -0.25) is 14.5 Å². The molecule has 0 atom stereocenters. The van der Waals surface area contributed by atoms with E-state index >= 15 is 0 Å². The molecule has 1 aliphatic heterocycles. The second kappa shape index (κ2) is 9.28. The standard InChI is InChI=1S/C20H22ClN3O4S/c1-28-18-10-9-14(21)12-17(18)20(25)23-15-6-5-7-16(13-15)29(26,27)24-19-8-3-2-4-11-22-19/h5-7,9-10,12-13H,2-4,8,11H2,1H3,(H,22,24)(H,23,25). The smallest absolute Gasteiger partial charge is 0.262 e. The van der Waals surface area contributed by atoms with Crippen LogP contribution in [0, 0.1) is 0 Å². The summed E-state index contributed by atoms with van der Waals surface area (Å²) >= 11 is 5.98. The molecule has 2 aromatic rings. The second-order valence-electron chi connectivity index (χ2n) is 6.57. The van der Waals surface area contributed by atoms with Crippen LogP contribution in [0.25, 0.3) is 0 Å². The lowest BCUT2D eigenvalue weighted by molar-refractivity contribution is 0.102. The van der Waals surface area contributed by atoms with Gasteiger partial charge in [0.05, 0.1) is 17.6 Å². The third-order valence-corrected chi connectivity index (χ3v) is 6.05. The number of rotatable bonds is 5. The first-order valence-electron chi connectivity index (χ1n) is 9.20. The molecule has 3 rings (SSSR count). The minimum atomic E-state index is -3.80. The second-order valence-corrected chi connectivity index (χ2v) is 8.69. The Hall–Kier alpha value is -2.58. The molecule has 0 saturated heterocycles. The number of sulfonamides is 1. The number of benzene rings is 2. The summed E-state index contributed by atoms with van der Waals surface area (Å²) < 4.78 is 33.2. The molecule has 1 amide bonds. The topological polar surface area (TPSA) is 96.9 Å². The summed E-state index contributed by atoms with van der Waals surface area (Å²) in [7, 11) is -2.34. The maximum absolute atomic E-state index is 12.7. The van der Waals surface area contributed by atoms with Gasteiger partial charge in [0.1, 0.15) is 11.6 Å². The summed E-state index contributed by atoms with van der Waals surface area (Å²) in [6.07, 6.45) is 3.49. The van der Waals surface area contributed by atoms with Crippen LogP contribution < -0.4 is 14.8 Å². The predicted molar refractivity (Wildman–Crippen MR) is 113 cm³/mol. The molecule has 0 saturated carbocycles. The highest BCUT2D eigenvalue weighted by Crippen LogP contribution is 2.24. The molecule has 0 spiro atoms. The number of ether oxygens (including phenoxy) is 1. The zero-order chi connectivity index (χ0) is 20.9. The van der Waals surface area contributed by atoms with Gasteiger partial charge in [0, 0.05) is 23.7 Å². The van der Waals surface area contributed by atoms with Crippen molar-refractivity contribution in [3.8, 4) is 5.75 Å². The van der Waals surface area contributed by atoms with Gasteiger partial charge in [-0.15, -0.1) is 0 Å². The number of aliphatic imine (C=N–C) groups is 1. The number of halogens is 1. The van der Waals surface area contributed by atoms with Crippen LogP contribution in [-0.4, -0.2) is 33.8 Å². The quantitative estimate of drug-likeness (QED) is 0.745. The summed E-state index contributed by atoms with van der Waals surface area (Å²) in [5.74, 6) is 0.379. The van der Waals surface area contributed by atoms with E-state index in [0.29, 0.717) is 35.3 Å². The Morgan fingerprint density at radius 3 is 2.76 bits per heavy atom. The van der Waals surface area contributed by atoms with Crippen molar-refractivity contribution in [2.45, 2.75) is 30.6 Å². The largest absolute Gasteiger partial charge is 0.496 e. The first-order chi connectivity index (χ1) is 13.9. The van der Waals surface area contributed by atoms with Crippen LogP contribution >= 0.6 is 11.6 Å². The van der Waals surface area contributed by atoms with Crippen LogP contribution in [0.1, 0.15) is 36.0 Å². The van der Waals surface area contributed by atoms with E-state index in [1.54, 1.807) is 24.3 Å². The van der Waals surface area contributed by atoms with Gasteiger partial charge in [0.15, 0.2) is 0 Å². The zero-order valence-electron chi connectivity index (χ0n) is 15.9. The fourth-order valence-corrected chi connectivity index (χ4v) is 4.28. The molecule has 9 heteroatoms. The summed E-state index contributed by atoms with van der Waals surface area (Å²) in [5, 5.41) is 3.08. The highest BCUT2D eigenvalue weighted by atomic mass is 35.5. The van der Waals surface area contributed by atoms with Crippen LogP contribution in [0.2, 0.25) is 5.02 Å². The van der Waals surface area contributed by atoms with E-state index in [2.05, 4.69) is 15.0 Å². The number of methoxy groups -OCH3 is 1. The van der Waals surface area contributed by atoms with E-state index in [9.17, 15) is 13.2 Å². The summed E-state index contributed by atoms with van der Waals surface area (Å²) in [5.41, 5.74) is 0.585. The number of carbonyl (C=O) groups excluding carboxylic acids is 1. The Labute approximate surface area is 175 Å². The summed E-state index contributed by atoms with van der Waals surface area (Å²) in [6.45, 7) is 0.620. The summed E-state index contributed by atoms with van der Waals surface area (Å²) in [6, 6.07) is 10.7. The van der Waals surface area contributed by atoms with E-state index in [0.717, 1.165) is 19.3 Å². The average Bonchev–Trinajstić information content (AvgIpc) is 2.96. The van der Waals surface area contributed by atoms with Gasteiger partial charge >= 0.3 is 0 Å². The van der Waals surface area contributed by atoms with Gasteiger partial charge in [-0.1, -0.05) is 24.1 Å². The van der Waals surface area contributed by atoms with Crippen LogP contribution in [-0.2, 0) is 10.0 Å². The Morgan fingerprint density at radius 1 is 1.14 bits per heavy atom. The number of anilines is 1. The number of hydrogen-bond donors (Lipinski definition) is 2. The molecule has 0 aromatic heterocycles. The monoisotopic (exact) mass is 435 g/mol. The van der Waals surface area contributed by atoms with Crippen molar-refractivity contribution in [3.63, 3.8) is 0 Å². The zero-order valence-corrected chi connectivity index (χ0v) is 17.5. The lowest BCUT2D eigenvalue weighted by atomic mass is 10.2. The number of nitrogens with zero attached hydrogens (tertiary/aromatic N) is 1. The predicted octanol–water partition coefficient (Wildman–Crippen LogP) is 3.85. The molecule has 0 aliphatic carbocycles. The van der Waals surface area contributed by atoms with E-state index in [4.69, 9.17) is 16.3 Å². The normalized spacial score (nSPS) is 14.5. The van der Waals surface area contributed by atoms with Crippen molar-refractivity contribution in [1.82, 2.24) is 4.72 Å². The van der Waals surface area contributed by atoms with Gasteiger partial charge < -0.3 is 10.1 Å². The Balaban J connectivity index is 1.79. The van der Waals surface area contributed by atoms with Gasteiger partial charge in [0.25, 0.3) is 15.9 Å². The average molecular weight is 436 g/mol. The van der Waals surface area contributed by atoms with E-state index in [1.807, 2.05) is 0 Å². The molecule has 1 aliphatic rings. The highest BCUT2D eigenvalue weighted by molar-refractivity contribution is 7.90. The number of amidine groups is 1. The SMILES string of the molecule is COc1ccc(Cl)cc1C(=O)Nc1cccc(S(=O)(=O)NC2=NCCCCC2)c1. The van der Waals surface area contributed by atoms with E-state index < -0.39 is 15.9 Å². The highest BCUT2D eigenvalue weighted by Gasteiger charge is 2.19. The molecule has 1 heterocycles. The van der Waals surface area contributed by atoms with Gasteiger partial charge in [0.2, 0.25) is 0 Å². The van der Waals surface area contributed by atoms with Crippen LogP contribution in [0.15, 0.2) is 52.4 Å². The Kier molecular flexibility index (Phi) is 6.76. The lowest BCUT2D eigenvalue weighted by Gasteiger charge is -2.12. The van der Waals surface area contributed by atoms with Crippen LogP contribution in [0.3, 0.4) is 0 Å². The molecule has 2 N–H and O–H groups in total. The van der Waals surface area contributed by atoms with Crippen molar-refractivity contribution in [1.29, 1.82) is 0 Å². The van der Waals surface area contributed by atoms with Crippen LogP contribution in [0.5, 0.6) is 5.75 Å². The van der Waals surface area contributed by atoms with Crippen molar-refractivity contribution in [2.24, 2.45) is 4.99 Å². The molecule has 154 valence electrons. The van der Waals surface area contributed by atoms with Crippen molar-refractivity contribution >= 4 is 39.1 Å². The molecule has 0 radical (unpaired) electrons. The maximum atomic E-state index is 12.7. The van der Waals surface area contributed by atoms with Gasteiger partial charge in [-0.25, -0.2) is 8.42 Å². The van der Waals surface area contributed by atoms with E-state index in [1.165, 1.54) is 25.3 Å². The van der Waals surface area contributed by atoms with Crippen molar-refractivity contribution < 1.29 is 17.9 Å². The Morgan fingerprint density at radius 2 is 1.97 bits per heavy atom. The van der Waals surface area contributed by atoms with Crippen molar-refractivity contribution in [3.05, 3.63) is 53.1 Å². The van der Waals surface area contributed by atoms with E-state index in [-0.39, 0.29) is 10.5 Å². The molecular weight excluding hydrogens is 414 g/mol. The minimum absolute atomic E-state index is 0.0420. The number of amides is 1. The third-order valence-electron chi connectivity index (χ3n) is 4.43. The lowest BCUT2D eigenvalue weighted by Crippen LogP contribution is -2.30. The molecule has 0 fully saturated rings. The Bertz CT molecular complexity index is 1040. The number of nitrogens with one attached hydrogen (secondary N) is 2. The van der Waals surface area contributed by atoms with Gasteiger partial charge in [-0.2, -0.15) is 0 Å². The molecule has 2 aromatic carbocycles. The third kappa shape index (κ3) is 5.48.